The highest BCUT2D eigenvalue weighted by Gasteiger charge is 2.08. The first-order valence-electron chi connectivity index (χ1n) is 9.82. The van der Waals surface area contributed by atoms with Gasteiger partial charge in [0.1, 0.15) is 17.3 Å². The van der Waals surface area contributed by atoms with E-state index in [-0.39, 0.29) is 12.5 Å². The highest BCUT2D eigenvalue weighted by molar-refractivity contribution is 5.88. The molecule has 6 heteroatoms. The van der Waals surface area contributed by atoms with Crippen LogP contribution in [0.2, 0.25) is 0 Å². The van der Waals surface area contributed by atoms with Gasteiger partial charge in [-0.2, -0.15) is 0 Å². The average Bonchev–Trinajstić information content (AvgIpc) is 2.74. The number of nitrogens with one attached hydrogen (secondary N) is 1. The van der Waals surface area contributed by atoms with E-state index in [9.17, 15) is 9.59 Å². The van der Waals surface area contributed by atoms with Gasteiger partial charge in [-0.3, -0.25) is 4.79 Å². The fourth-order valence-electron chi connectivity index (χ4n) is 2.82. The van der Waals surface area contributed by atoms with Crippen LogP contribution in [0.3, 0.4) is 0 Å². The first-order chi connectivity index (χ1) is 14.9. The van der Waals surface area contributed by atoms with Crippen molar-refractivity contribution < 1.29 is 19.1 Å². The summed E-state index contributed by atoms with van der Waals surface area (Å²) in [6.07, 6.45) is 5.46. The molecule has 158 valence electrons. The van der Waals surface area contributed by atoms with Gasteiger partial charge in [-0.1, -0.05) is 36.4 Å². The zero-order valence-electron chi connectivity index (χ0n) is 17.7. The van der Waals surface area contributed by atoms with Gasteiger partial charge in [0.25, 0.3) is 0 Å². The van der Waals surface area contributed by atoms with Crippen molar-refractivity contribution in [1.29, 1.82) is 0 Å². The molecule has 0 bridgehead atoms. The molecule has 0 spiro atoms. The number of benzene rings is 2. The second-order valence-corrected chi connectivity index (χ2v) is 7.02. The summed E-state index contributed by atoms with van der Waals surface area (Å²) in [5, 5.41) is 2.65. The van der Waals surface area contributed by atoms with Crippen LogP contribution in [0.5, 0.6) is 11.5 Å². The van der Waals surface area contributed by atoms with Crippen LogP contribution in [0.25, 0.3) is 12.2 Å². The number of anilines is 1. The maximum absolute atomic E-state index is 12.1. The molecule has 31 heavy (non-hydrogen) atoms. The fourth-order valence-corrected chi connectivity index (χ4v) is 2.82. The van der Waals surface area contributed by atoms with Gasteiger partial charge in [-0.05, 0) is 66.4 Å². The summed E-state index contributed by atoms with van der Waals surface area (Å²) in [6.45, 7) is 5.22. The molecule has 0 saturated carbocycles. The monoisotopic (exact) mass is 416 g/mol. The number of nitrogens with zero attached hydrogens (tertiary/aromatic N) is 1. The van der Waals surface area contributed by atoms with Crippen molar-refractivity contribution in [3.05, 3.63) is 83.0 Å². The summed E-state index contributed by atoms with van der Waals surface area (Å²) in [5.74, 6) is 0.989. The molecule has 6 nitrogen and oxygen atoms in total. The summed E-state index contributed by atoms with van der Waals surface area (Å²) in [7, 11) is 0. The molecule has 3 aromatic rings. The van der Waals surface area contributed by atoms with Crippen LogP contribution in [0.1, 0.15) is 29.2 Å². The topological polar surface area (TPSA) is 77.5 Å². The molecule has 1 amide bonds. The lowest BCUT2D eigenvalue weighted by atomic mass is 10.1. The third-order valence-electron chi connectivity index (χ3n) is 4.57. The number of aryl methyl sites for hydroxylation is 1. The number of carbonyl (C=O) groups is 2. The molecule has 1 heterocycles. The van der Waals surface area contributed by atoms with Crippen LogP contribution in [-0.2, 0) is 9.59 Å². The van der Waals surface area contributed by atoms with Crippen molar-refractivity contribution in [1.82, 2.24) is 4.98 Å². The molecular weight excluding hydrogens is 392 g/mol. The first kappa shape index (κ1) is 21.8. The summed E-state index contributed by atoms with van der Waals surface area (Å²) in [6, 6.07) is 16.5. The normalized spacial score (nSPS) is 10.7. The summed E-state index contributed by atoms with van der Waals surface area (Å²) >= 11 is 0. The van der Waals surface area contributed by atoms with Crippen molar-refractivity contribution in [3.63, 3.8) is 0 Å². The summed E-state index contributed by atoms with van der Waals surface area (Å²) < 4.78 is 10.9. The maximum atomic E-state index is 12.1. The highest BCUT2D eigenvalue weighted by Crippen LogP contribution is 2.21. The standard InChI is InChI=1S/C25H24N2O4/c1-17-5-4-6-23(18(17)2)30-16-25(29)31-22-11-9-20(10-12-22)7-8-21-13-14-26-24(15-21)27-19(3)28/h4-15H,16H2,1-3H3,(H,26,27,28)/b8-7+. The van der Waals surface area contributed by atoms with E-state index in [1.165, 1.54) is 6.92 Å². The van der Waals surface area contributed by atoms with Crippen LogP contribution in [-0.4, -0.2) is 23.5 Å². The zero-order valence-corrected chi connectivity index (χ0v) is 17.7. The van der Waals surface area contributed by atoms with E-state index in [0.29, 0.717) is 17.3 Å². The van der Waals surface area contributed by atoms with Gasteiger partial charge in [0.2, 0.25) is 5.91 Å². The van der Waals surface area contributed by atoms with Crippen LogP contribution >= 0.6 is 0 Å². The minimum atomic E-state index is -0.466. The molecule has 0 aliphatic rings. The third kappa shape index (κ3) is 6.54. The number of rotatable bonds is 7. The SMILES string of the molecule is CC(=O)Nc1cc(/C=C/c2ccc(OC(=O)COc3cccc(C)c3C)cc2)ccn1. The third-order valence-corrected chi connectivity index (χ3v) is 4.57. The van der Waals surface area contributed by atoms with Crippen molar-refractivity contribution in [2.45, 2.75) is 20.8 Å². The van der Waals surface area contributed by atoms with Gasteiger partial charge in [0, 0.05) is 13.1 Å². The van der Waals surface area contributed by atoms with E-state index in [2.05, 4.69) is 10.3 Å². The number of ether oxygens (including phenoxy) is 2. The summed E-state index contributed by atoms with van der Waals surface area (Å²) in [5.41, 5.74) is 3.94. The van der Waals surface area contributed by atoms with E-state index < -0.39 is 5.97 Å². The Bertz CT molecular complexity index is 1100. The molecule has 0 fully saturated rings. The van der Waals surface area contributed by atoms with Crippen LogP contribution in [0.4, 0.5) is 5.82 Å². The van der Waals surface area contributed by atoms with Crippen LogP contribution < -0.4 is 14.8 Å². The van der Waals surface area contributed by atoms with Crippen molar-refractivity contribution in [2.24, 2.45) is 0 Å². The molecule has 0 aliphatic heterocycles. The van der Waals surface area contributed by atoms with E-state index in [4.69, 9.17) is 9.47 Å². The second kappa shape index (κ2) is 10.2. The lowest BCUT2D eigenvalue weighted by Gasteiger charge is -2.10. The molecule has 0 radical (unpaired) electrons. The average molecular weight is 416 g/mol. The van der Waals surface area contributed by atoms with Gasteiger partial charge < -0.3 is 14.8 Å². The summed E-state index contributed by atoms with van der Waals surface area (Å²) in [4.78, 5) is 27.3. The van der Waals surface area contributed by atoms with Gasteiger partial charge >= 0.3 is 5.97 Å². The number of amides is 1. The highest BCUT2D eigenvalue weighted by atomic mass is 16.6. The Morgan fingerprint density at radius 1 is 1.00 bits per heavy atom. The minimum Gasteiger partial charge on any atom is -0.482 e. The quantitative estimate of drug-likeness (QED) is 0.442. The molecular formula is C25H24N2O4. The molecule has 1 aromatic heterocycles. The van der Waals surface area contributed by atoms with Crippen molar-refractivity contribution in [3.8, 4) is 11.5 Å². The zero-order chi connectivity index (χ0) is 22.2. The van der Waals surface area contributed by atoms with Crippen molar-refractivity contribution in [2.75, 3.05) is 11.9 Å². The number of hydrogen-bond acceptors (Lipinski definition) is 5. The number of pyridine rings is 1. The van der Waals surface area contributed by atoms with E-state index >= 15 is 0 Å². The predicted molar refractivity (Wildman–Crippen MR) is 121 cm³/mol. The lowest BCUT2D eigenvalue weighted by Crippen LogP contribution is -2.18. The predicted octanol–water partition coefficient (Wildman–Crippen LogP) is 4.81. The largest absolute Gasteiger partial charge is 0.482 e. The molecule has 2 aromatic carbocycles. The second-order valence-electron chi connectivity index (χ2n) is 7.02. The van der Waals surface area contributed by atoms with Crippen LogP contribution in [0, 0.1) is 13.8 Å². The Morgan fingerprint density at radius 2 is 1.74 bits per heavy atom. The van der Waals surface area contributed by atoms with Crippen molar-refractivity contribution >= 4 is 29.8 Å². The van der Waals surface area contributed by atoms with E-state index in [1.54, 1.807) is 24.4 Å². The molecule has 0 atom stereocenters. The molecule has 0 aliphatic carbocycles. The maximum Gasteiger partial charge on any atom is 0.349 e. The Balaban J connectivity index is 1.55. The molecule has 1 N–H and O–H groups in total. The molecule has 0 saturated heterocycles. The Kier molecular flexibility index (Phi) is 7.17. The molecule has 3 rings (SSSR count). The van der Waals surface area contributed by atoms with Crippen LogP contribution in [0.15, 0.2) is 60.8 Å². The lowest BCUT2D eigenvalue weighted by molar-refractivity contribution is -0.136. The smallest absolute Gasteiger partial charge is 0.349 e. The fraction of sp³-hybridized carbons (Fsp3) is 0.160. The Morgan fingerprint density at radius 3 is 2.48 bits per heavy atom. The number of hydrogen-bond donors (Lipinski definition) is 1. The first-order valence-corrected chi connectivity index (χ1v) is 9.82. The Labute approximate surface area is 181 Å². The van der Waals surface area contributed by atoms with Gasteiger partial charge in [-0.15, -0.1) is 0 Å². The van der Waals surface area contributed by atoms with E-state index in [1.807, 2.05) is 62.4 Å². The van der Waals surface area contributed by atoms with E-state index in [0.717, 1.165) is 22.3 Å². The number of carbonyl (C=O) groups excluding carboxylic acids is 2. The molecule has 0 unspecified atom stereocenters. The Hall–Kier alpha value is -3.93. The number of esters is 1. The van der Waals surface area contributed by atoms with Gasteiger partial charge in [-0.25, -0.2) is 9.78 Å². The minimum absolute atomic E-state index is 0.162. The number of aromatic nitrogens is 1. The van der Waals surface area contributed by atoms with Gasteiger partial charge in [0.05, 0.1) is 0 Å². The van der Waals surface area contributed by atoms with Gasteiger partial charge in [0.15, 0.2) is 6.61 Å².